The molecule has 0 aromatic heterocycles. The van der Waals surface area contributed by atoms with Crippen LogP contribution in [0.1, 0.15) is 43.7 Å². The van der Waals surface area contributed by atoms with E-state index >= 15 is 0 Å². The summed E-state index contributed by atoms with van der Waals surface area (Å²) in [5, 5.41) is 9.24. The lowest BCUT2D eigenvalue weighted by atomic mass is 9.89. The maximum Gasteiger partial charge on any atom is 0.240 e. The fraction of sp³-hybridized carbons (Fsp3) is 0.600. The van der Waals surface area contributed by atoms with E-state index in [0.717, 1.165) is 18.4 Å². The van der Waals surface area contributed by atoms with Gasteiger partial charge in [0.1, 0.15) is 0 Å². The second kappa shape index (κ2) is 5.84. The van der Waals surface area contributed by atoms with Crippen LogP contribution in [0.3, 0.4) is 0 Å². The predicted molar refractivity (Wildman–Crippen MR) is 78.9 cm³/mol. The molecule has 0 aliphatic heterocycles. The number of benzene rings is 1. The second-order valence-corrected chi connectivity index (χ2v) is 7.86. The molecule has 0 unspecified atom stereocenters. The number of aliphatic hydroxyl groups is 1. The van der Waals surface area contributed by atoms with E-state index < -0.39 is 10.0 Å². The molecule has 0 atom stereocenters. The summed E-state index contributed by atoms with van der Waals surface area (Å²) in [7, 11) is -3.50. The molecule has 0 spiro atoms. The van der Waals surface area contributed by atoms with E-state index in [9.17, 15) is 13.5 Å². The minimum absolute atomic E-state index is 0.0809. The van der Waals surface area contributed by atoms with Gasteiger partial charge in [0.15, 0.2) is 0 Å². The van der Waals surface area contributed by atoms with Gasteiger partial charge < -0.3 is 5.11 Å². The lowest BCUT2D eigenvalue weighted by molar-refractivity contribution is 0.280. The summed E-state index contributed by atoms with van der Waals surface area (Å²) < 4.78 is 27.4. The lowest BCUT2D eigenvalue weighted by Gasteiger charge is -2.23. The molecule has 2 rings (SSSR count). The SMILES string of the molecule is Cc1ccc(S(=O)(=O)NCC2(C)CCCC2)cc1CO. The molecular weight excluding hydrogens is 274 g/mol. The third kappa shape index (κ3) is 3.40. The number of rotatable bonds is 5. The van der Waals surface area contributed by atoms with Gasteiger partial charge in [-0.1, -0.05) is 25.8 Å². The van der Waals surface area contributed by atoms with E-state index in [1.165, 1.54) is 12.8 Å². The van der Waals surface area contributed by atoms with E-state index in [4.69, 9.17) is 0 Å². The Kier molecular flexibility index (Phi) is 4.52. The molecule has 20 heavy (non-hydrogen) atoms. The molecule has 112 valence electrons. The molecule has 1 aliphatic rings. The first-order valence-electron chi connectivity index (χ1n) is 7.06. The summed E-state index contributed by atoms with van der Waals surface area (Å²) in [6.45, 7) is 4.33. The molecule has 0 bridgehead atoms. The molecule has 0 radical (unpaired) electrons. The smallest absolute Gasteiger partial charge is 0.240 e. The Labute approximate surface area is 121 Å². The third-order valence-corrected chi connectivity index (χ3v) is 5.70. The molecule has 0 saturated heterocycles. The normalized spacial score (nSPS) is 18.4. The first-order chi connectivity index (χ1) is 9.36. The monoisotopic (exact) mass is 297 g/mol. The van der Waals surface area contributed by atoms with E-state index in [-0.39, 0.29) is 16.9 Å². The Bertz CT molecular complexity index is 575. The van der Waals surface area contributed by atoms with Crippen molar-refractivity contribution in [2.45, 2.75) is 51.0 Å². The maximum absolute atomic E-state index is 12.3. The maximum atomic E-state index is 12.3. The summed E-state index contributed by atoms with van der Waals surface area (Å²) in [6.07, 6.45) is 4.51. The zero-order valence-electron chi connectivity index (χ0n) is 12.1. The van der Waals surface area contributed by atoms with Crippen LogP contribution in [0.25, 0.3) is 0 Å². The summed E-state index contributed by atoms with van der Waals surface area (Å²) in [5.74, 6) is 0. The zero-order valence-corrected chi connectivity index (χ0v) is 13.0. The Morgan fingerprint density at radius 3 is 2.55 bits per heavy atom. The van der Waals surface area contributed by atoms with Crippen LogP contribution in [0.4, 0.5) is 0 Å². The number of hydrogen-bond acceptors (Lipinski definition) is 3. The molecule has 5 heteroatoms. The number of hydrogen-bond donors (Lipinski definition) is 2. The highest BCUT2D eigenvalue weighted by molar-refractivity contribution is 7.89. The number of nitrogens with one attached hydrogen (secondary N) is 1. The summed E-state index contributed by atoms with van der Waals surface area (Å²) in [4.78, 5) is 0.230. The fourth-order valence-corrected chi connectivity index (χ4v) is 3.99. The Balaban J connectivity index is 2.14. The van der Waals surface area contributed by atoms with Crippen molar-refractivity contribution in [3.05, 3.63) is 29.3 Å². The van der Waals surface area contributed by atoms with Gasteiger partial charge in [-0.2, -0.15) is 0 Å². The minimum atomic E-state index is -3.50. The van der Waals surface area contributed by atoms with Crippen molar-refractivity contribution in [2.75, 3.05) is 6.54 Å². The Morgan fingerprint density at radius 1 is 1.30 bits per heavy atom. The lowest BCUT2D eigenvalue weighted by Crippen LogP contribution is -2.34. The van der Waals surface area contributed by atoms with Gasteiger partial charge in [-0.25, -0.2) is 13.1 Å². The number of aliphatic hydroxyl groups excluding tert-OH is 1. The van der Waals surface area contributed by atoms with E-state index in [1.54, 1.807) is 18.2 Å². The second-order valence-electron chi connectivity index (χ2n) is 6.09. The fourth-order valence-electron chi connectivity index (χ4n) is 2.74. The van der Waals surface area contributed by atoms with Gasteiger partial charge in [0, 0.05) is 6.54 Å². The van der Waals surface area contributed by atoms with E-state index in [2.05, 4.69) is 11.6 Å². The molecule has 1 fully saturated rings. The molecule has 1 aromatic carbocycles. The number of sulfonamides is 1. The minimum Gasteiger partial charge on any atom is -0.392 e. The molecular formula is C15H23NO3S. The molecule has 1 aromatic rings. The van der Waals surface area contributed by atoms with Gasteiger partial charge in [-0.3, -0.25) is 0 Å². The van der Waals surface area contributed by atoms with Crippen LogP contribution in [0.2, 0.25) is 0 Å². The van der Waals surface area contributed by atoms with Crippen LogP contribution < -0.4 is 4.72 Å². The molecule has 0 amide bonds. The van der Waals surface area contributed by atoms with Crippen molar-refractivity contribution in [2.24, 2.45) is 5.41 Å². The highest BCUT2D eigenvalue weighted by Crippen LogP contribution is 2.37. The van der Waals surface area contributed by atoms with Crippen molar-refractivity contribution in [3.8, 4) is 0 Å². The first-order valence-corrected chi connectivity index (χ1v) is 8.55. The average Bonchev–Trinajstić information content (AvgIpc) is 2.85. The van der Waals surface area contributed by atoms with Gasteiger partial charge in [-0.15, -0.1) is 0 Å². The first kappa shape index (κ1) is 15.5. The quantitative estimate of drug-likeness (QED) is 0.876. The van der Waals surface area contributed by atoms with Gasteiger partial charge in [0.2, 0.25) is 10.0 Å². The molecule has 2 N–H and O–H groups in total. The van der Waals surface area contributed by atoms with Crippen molar-refractivity contribution in [1.82, 2.24) is 4.72 Å². The van der Waals surface area contributed by atoms with Crippen LogP contribution >= 0.6 is 0 Å². The van der Waals surface area contributed by atoms with Crippen LogP contribution in [-0.2, 0) is 16.6 Å². The van der Waals surface area contributed by atoms with E-state index in [1.807, 2.05) is 6.92 Å². The summed E-state index contributed by atoms with van der Waals surface area (Å²) >= 11 is 0. The van der Waals surface area contributed by atoms with Crippen molar-refractivity contribution < 1.29 is 13.5 Å². The molecule has 1 aliphatic carbocycles. The van der Waals surface area contributed by atoms with Gasteiger partial charge in [-0.05, 0) is 48.4 Å². The highest BCUT2D eigenvalue weighted by Gasteiger charge is 2.30. The van der Waals surface area contributed by atoms with Crippen molar-refractivity contribution >= 4 is 10.0 Å². The summed E-state index contributed by atoms with van der Waals surface area (Å²) in [5.41, 5.74) is 1.63. The molecule has 0 heterocycles. The van der Waals surface area contributed by atoms with Crippen molar-refractivity contribution in [1.29, 1.82) is 0 Å². The van der Waals surface area contributed by atoms with Gasteiger partial charge in [0.25, 0.3) is 0 Å². The third-order valence-electron chi connectivity index (χ3n) is 4.30. The standard InChI is InChI=1S/C15H23NO3S/c1-12-5-6-14(9-13(12)10-17)20(18,19)16-11-15(2)7-3-4-8-15/h5-6,9,16-17H,3-4,7-8,10-11H2,1-2H3. The Hall–Kier alpha value is -0.910. The molecule has 4 nitrogen and oxygen atoms in total. The highest BCUT2D eigenvalue weighted by atomic mass is 32.2. The van der Waals surface area contributed by atoms with Crippen LogP contribution in [0, 0.1) is 12.3 Å². The van der Waals surface area contributed by atoms with Crippen LogP contribution in [-0.4, -0.2) is 20.1 Å². The number of aryl methyl sites for hydroxylation is 1. The largest absolute Gasteiger partial charge is 0.392 e. The van der Waals surface area contributed by atoms with Crippen molar-refractivity contribution in [3.63, 3.8) is 0 Å². The average molecular weight is 297 g/mol. The topological polar surface area (TPSA) is 66.4 Å². The van der Waals surface area contributed by atoms with Gasteiger partial charge in [0.05, 0.1) is 11.5 Å². The predicted octanol–water partition coefficient (Wildman–Crippen LogP) is 2.35. The zero-order chi connectivity index (χ0) is 14.8. The Morgan fingerprint density at radius 2 is 1.95 bits per heavy atom. The van der Waals surface area contributed by atoms with Crippen LogP contribution in [0.5, 0.6) is 0 Å². The van der Waals surface area contributed by atoms with E-state index in [0.29, 0.717) is 12.1 Å². The summed E-state index contributed by atoms with van der Waals surface area (Å²) in [6, 6.07) is 4.87. The molecule has 1 saturated carbocycles. The van der Waals surface area contributed by atoms with Gasteiger partial charge >= 0.3 is 0 Å². The van der Waals surface area contributed by atoms with Crippen LogP contribution in [0.15, 0.2) is 23.1 Å².